The first-order chi connectivity index (χ1) is 15.0. The average Bonchev–Trinajstić information content (AvgIpc) is 3.41. The predicted molar refractivity (Wildman–Crippen MR) is 115 cm³/mol. The number of nitrogens with zero attached hydrogens (tertiary/aromatic N) is 1. The minimum absolute atomic E-state index is 0.0501. The zero-order valence-electron chi connectivity index (χ0n) is 17.4. The van der Waals surface area contributed by atoms with Crippen LogP contribution in [0.2, 0.25) is 0 Å². The zero-order valence-corrected chi connectivity index (χ0v) is 17.4. The molecule has 2 aromatic carbocycles. The summed E-state index contributed by atoms with van der Waals surface area (Å²) in [7, 11) is 1.52. The van der Waals surface area contributed by atoms with Gasteiger partial charge >= 0.3 is 0 Å². The predicted octanol–water partition coefficient (Wildman–Crippen LogP) is 4.47. The Morgan fingerprint density at radius 1 is 1.10 bits per heavy atom. The summed E-state index contributed by atoms with van der Waals surface area (Å²) in [5.74, 6) is -0.540. The van der Waals surface area contributed by atoms with Crippen molar-refractivity contribution in [1.82, 2.24) is 4.90 Å². The highest BCUT2D eigenvalue weighted by atomic mass is 16.5. The Labute approximate surface area is 180 Å². The monoisotopic (exact) mass is 417 g/mol. The lowest BCUT2D eigenvalue weighted by atomic mass is 9.94. The largest absolute Gasteiger partial charge is 0.507 e. The topological polar surface area (TPSA) is 80.0 Å². The number of Topliss-reactive ketones (excluding diaryl/α,β-unsaturated/α-hetero) is 1. The standard InChI is InChI=1S/C25H23NO5/c1-3-16-9-11-17(12-10-16)22-21(23(27)18-6-4-7-19(14-18)30-2)24(28)25(29)26(22)15-20-8-5-13-31-20/h4-14,22,27H,3,15H2,1-2H3. The number of ether oxygens (including phenoxy) is 1. The molecule has 0 radical (unpaired) electrons. The van der Waals surface area contributed by atoms with E-state index in [-0.39, 0.29) is 17.9 Å². The van der Waals surface area contributed by atoms with Crippen LogP contribution >= 0.6 is 0 Å². The number of likely N-dealkylation sites (tertiary alicyclic amines) is 1. The van der Waals surface area contributed by atoms with E-state index in [0.717, 1.165) is 17.5 Å². The maximum atomic E-state index is 13.0. The van der Waals surface area contributed by atoms with E-state index in [1.807, 2.05) is 24.3 Å². The maximum absolute atomic E-state index is 13.0. The lowest BCUT2D eigenvalue weighted by Gasteiger charge is -2.24. The molecule has 1 unspecified atom stereocenters. The molecular weight excluding hydrogens is 394 g/mol. The highest BCUT2D eigenvalue weighted by Gasteiger charge is 2.46. The average molecular weight is 417 g/mol. The van der Waals surface area contributed by atoms with Gasteiger partial charge in [0.25, 0.3) is 11.7 Å². The van der Waals surface area contributed by atoms with Crippen molar-refractivity contribution in [2.75, 3.05) is 7.11 Å². The van der Waals surface area contributed by atoms with Crippen LogP contribution in [0, 0.1) is 0 Å². The first-order valence-corrected chi connectivity index (χ1v) is 10.1. The summed E-state index contributed by atoms with van der Waals surface area (Å²) in [6.45, 7) is 2.17. The third kappa shape index (κ3) is 3.84. The van der Waals surface area contributed by atoms with Gasteiger partial charge in [0.05, 0.1) is 31.5 Å². The first-order valence-electron chi connectivity index (χ1n) is 10.1. The Bertz CT molecular complexity index is 1130. The molecule has 0 aliphatic carbocycles. The Morgan fingerprint density at radius 2 is 1.87 bits per heavy atom. The van der Waals surface area contributed by atoms with Gasteiger partial charge in [-0.2, -0.15) is 0 Å². The van der Waals surface area contributed by atoms with Gasteiger partial charge in [0.15, 0.2) is 0 Å². The zero-order chi connectivity index (χ0) is 22.0. The van der Waals surface area contributed by atoms with Crippen molar-refractivity contribution >= 4 is 17.4 Å². The Balaban J connectivity index is 1.86. The SMILES string of the molecule is CCc1ccc(C2C(=C(O)c3cccc(OC)c3)C(=O)C(=O)N2Cc2ccco2)cc1. The lowest BCUT2D eigenvalue weighted by Crippen LogP contribution is -2.29. The van der Waals surface area contributed by atoms with Crippen molar-refractivity contribution in [2.24, 2.45) is 0 Å². The number of benzene rings is 2. The molecule has 1 saturated heterocycles. The van der Waals surface area contributed by atoms with Crippen LogP contribution in [-0.4, -0.2) is 28.8 Å². The molecule has 0 bridgehead atoms. The third-order valence-corrected chi connectivity index (χ3v) is 5.49. The highest BCUT2D eigenvalue weighted by Crippen LogP contribution is 2.40. The number of furan rings is 1. The molecular formula is C25H23NO5. The van der Waals surface area contributed by atoms with E-state index in [1.165, 1.54) is 18.3 Å². The molecule has 4 rings (SSSR count). The molecule has 1 amide bonds. The van der Waals surface area contributed by atoms with Crippen LogP contribution in [0.5, 0.6) is 5.75 Å². The Hall–Kier alpha value is -3.80. The summed E-state index contributed by atoms with van der Waals surface area (Å²) < 4.78 is 10.6. The number of rotatable bonds is 6. The van der Waals surface area contributed by atoms with Crippen LogP contribution in [0.15, 0.2) is 76.9 Å². The second-order valence-corrected chi connectivity index (χ2v) is 7.33. The number of hydrogen-bond donors (Lipinski definition) is 1. The lowest BCUT2D eigenvalue weighted by molar-refractivity contribution is -0.140. The molecule has 1 aromatic heterocycles. The fourth-order valence-corrected chi connectivity index (χ4v) is 3.82. The number of aryl methyl sites for hydroxylation is 1. The van der Waals surface area contributed by atoms with E-state index in [9.17, 15) is 14.7 Å². The Morgan fingerprint density at radius 3 is 2.52 bits per heavy atom. The van der Waals surface area contributed by atoms with Crippen LogP contribution in [0.4, 0.5) is 0 Å². The maximum Gasteiger partial charge on any atom is 0.296 e. The van der Waals surface area contributed by atoms with Crippen LogP contribution < -0.4 is 4.74 Å². The minimum atomic E-state index is -0.734. The number of methoxy groups -OCH3 is 1. The molecule has 1 fully saturated rings. The Kier molecular flexibility index (Phi) is 5.62. The van der Waals surface area contributed by atoms with Crippen molar-refractivity contribution in [2.45, 2.75) is 25.9 Å². The van der Waals surface area contributed by atoms with E-state index < -0.39 is 17.7 Å². The van der Waals surface area contributed by atoms with Crippen molar-refractivity contribution in [1.29, 1.82) is 0 Å². The number of carbonyl (C=O) groups is 2. The van der Waals surface area contributed by atoms with E-state index in [4.69, 9.17) is 9.15 Å². The molecule has 1 atom stereocenters. The summed E-state index contributed by atoms with van der Waals surface area (Å²) in [6.07, 6.45) is 2.39. The van der Waals surface area contributed by atoms with Gasteiger partial charge in [0, 0.05) is 5.56 Å². The highest BCUT2D eigenvalue weighted by molar-refractivity contribution is 6.46. The molecule has 31 heavy (non-hydrogen) atoms. The number of aliphatic hydroxyl groups excluding tert-OH is 1. The number of carbonyl (C=O) groups excluding carboxylic acids is 2. The molecule has 3 aromatic rings. The smallest absolute Gasteiger partial charge is 0.296 e. The van der Waals surface area contributed by atoms with Gasteiger partial charge in [-0.15, -0.1) is 0 Å². The van der Waals surface area contributed by atoms with Gasteiger partial charge in [-0.1, -0.05) is 43.3 Å². The summed E-state index contributed by atoms with van der Waals surface area (Å²) in [4.78, 5) is 27.5. The van der Waals surface area contributed by atoms with E-state index in [2.05, 4.69) is 6.92 Å². The molecule has 6 nitrogen and oxygen atoms in total. The fourth-order valence-electron chi connectivity index (χ4n) is 3.82. The molecule has 158 valence electrons. The second kappa shape index (κ2) is 8.52. The van der Waals surface area contributed by atoms with E-state index in [1.54, 1.807) is 36.4 Å². The van der Waals surface area contributed by atoms with Crippen molar-refractivity contribution in [3.63, 3.8) is 0 Å². The summed E-state index contributed by atoms with van der Waals surface area (Å²) in [6, 6.07) is 17.2. The van der Waals surface area contributed by atoms with Gasteiger partial charge in [0.1, 0.15) is 17.3 Å². The number of aliphatic hydroxyl groups is 1. The van der Waals surface area contributed by atoms with Crippen LogP contribution in [0.25, 0.3) is 5.76 Å². The van der Waals surface area contributed by atoms with Gasteiger partial charge in [-0.05, 0) is 41.8 Å². The first kappa shape index (κ1) is 20.5. The normalized spacial score (nSPS) is 17.9. The van der Waals surface area contributed by atoms with E-state index in [0.29, 0.717) is 17.1 Å². The number of hydrogen-bond acceptors (Lipinski definition) is 5. The van der Waals surface area contributed by atoms with Gasteiger partial charge in [-0.3, -0.25) is 9.59 Å². The van der Waals surface area contributed by atoms with Crippen molar-refractivity contribution in [3.8, 4) is 5.75 Å². The van der Waals surface area contributed by atoms with Crippen molar-refractivity contribution < 1.29 is 23.8 Å². The van der Waals surface area contributed by atoms with Crippen LogP contribution in [0.1, 0.15) is 35.4 Å². The fraction of sp³-hybridized carbons (Fsp3) is 0.200. The molecule has 1 N–H and O–H groups in total. The van der Waals surface area contributed by atoms with Crippen molar-refractivity contribution in [3.05, 3.63) is 95.0 Å². The molecule has 6 heteroatoms. The number of amides is 1. The van der Waals surface area contributed by atoms with E-state index >= 15 is 0 Å². The molecule has 0 spiro atoms. The van der Waals surface area contributed by atoms with Gasteiger partial charge in [0.2, 0.25) is 0 Å². The molecule has 0 saturated carbocycles. The third-order valence-electron chi connectivity index (χ3n) is 5.49. The molecule has 1 aliphatic rings. The summed E-state index contributed by atoms with van der Waals surface area (Å²) in [5, 5.41) is 11.1. The quantitative estimate of drug-likeness (QED) is 0.364. The van der Waals surface area contributed by atoms with Gasteiger partial charge < -0.3 is 19.2 Å². The molecule has 1 aliphatic heterocycles. The second-order valence-electron chi connectivity index (χ2n) is 7.33. The van der Waals surface area contributed by atoms with Gasteiger partial charge in [-0.25, -0.2) is 0 Å². The summed E-state index contributed by atoms with van der Waals surface area (Å²) >= 11 is 0. The van der Waals surface area contributed by atoms with Crippen LogP contribution in [0.3, 0.4) is 0 Å². The molecule has 2 heterocycles. The minimum Gasteiger partial charge on any atom is -0.507 e. The number of ketones is 1. The summed E-state index contributed by atoms with van der Waals surface area (Å²) in [5.41, 5.74) is 2.34. The van der Waals surface area contributed by atoms with Crippen LogP contribution in [-0.2, 0) is 22.6 Å².